The number of ether oxygens (including phenoxy) is 2. The summed E-state index contributed by atoms with van der Waals surface area (Å²) in [4.78, 5) is 45.7. The topological polar surface area (TPSA) is 111 Å². The Morgan fingerprint density at radius 3 is 2.59 bits per heavy atom. The van der Waals surface area contributed by atoms with Crippen molar-refractivity contribution in [2.45, 2.75) is 96.8 Å². The minimum atomic E-state index is -0.721. The van der Waals surface area contributed by atoms with Crippen LogP contribution in [0.4, 0.5) is 0 Å². The van der Waals surface area contributed by atoms with Crippen LogP contribution < -0.4 is 10.6 Å². The lowest BCUT2D eigenvalue weighted by Crippen LogP contribution is -2.47. The largest absolute Gasteiger partial charge is 0.461 e. The highest BCUT2D eigenvalue weighted by molar-refractivity contribution is 5.79. The van der Waals surface area contributed by atoms with Gasteiger partial charge in [0.05, 0.1) is 5.92 Å². The van der Waals surface area contributed by atoms with Gasteiger partial charge in [0.1, 0.15) is 18.2 Å². The number of hydrogen-bond acceptors (Lipinski definition) is 6. The fraction of sp³-hybridized carbons (Fsp3) is 0.810. The SMILES string of the molecule is CCCCCC[C@@H]1C(=O)O[C@H]1C[C@H](C)OC(=O)[C@H](CCCCNC(C)=O)NC=O. The Labute approximate surface area is 173 Å². The Balaban J connectivity index is 2.36. The highest BCUT2D eigenvalue weighted by Crippen LogP contribution is 2.31. The lowest BCUT2D eigenvalue weighted by molar-refractivity contribution is -0.189. The van der Waals surface area contributed by atoms with Crippen molar-refractivity contribution in [1.29, 1.82) is 0 Å². The van der Waals surface area contributed by atoms with E-state index in [-0.39, 0.29) is 23.9 Å². The molecule has 1 fully saturated rings. The van der Waals surface area contributed by atoms with E-state index in [2.05, 4.69) is 17.6 Å². The molecule has 29 heavy (non-hydrogen) atoms. The van der Waals surface area contributed by atoms with Gasteiger partial charge in [0.2, 0.25) is 12.3 Å². The van der Waals surface area contributed by atoms with E-state index in [9.17, 15) is 19.2 Å². The van der Waals surface area contributed by atoms with Gasteiger partial charge in [0, 0.05) is 19.9 Å². The van der Waals surface area contributed by atoms with Crippen LogP contribution in [0.5, 0.6) is 0 Å². The minimum absolute atomic E-state index is 0.0961. The minimum Gasteiger partial charge on any atom is -0.461 e. The molecule has 1 heterocycles. The molecule has 0 saturated carbocycles. The molecular formula is C21H36N2O6. The van der Waals surface area contributed by atoms with E-state index in [0.29, 0.717) is 38.6 Å². The maximum Gasteiger partial charge on any atom is 0.328 e. The van der Waals surface area contributed by atoms with Gasteiger partial charge in [-0.3, -0.25) is 14.4 Å². The number of carbonyl (C=O) groups is 4. The van der Waals surface area contributed by atoms with Crippen molar-refractivity contribution in [1.82, 2.24) is 10.6 Å². The van der Waals surface area contributed by atoms with Gasteiger partial charge in [-0.05, 0) is 32.6 Å². The number of cyclic esters (lactones) is 1. The van der Waals surface area contributed by atoms with E-state index in [1.807, 2.05) is 0 Å². The zero-order chi connectivity index (χ0) is 21.6. The summed E-state index contributed by atoms with van der Waals surface area (Å²) in [5.41, 5.74) is 0. The van der Waals surface area contributed by atoms with Gasteiger partial charge in [-0.1, -0.05) is 32.6 Å². The van der Waals surface area contributed by atoms with Crippen molar-refractivity contribution in [2.75, 3.05) is 6.54 Å². The molecule has 166 valence electrons. The normalized spacial score (nSPS) is 20.0. The maximum atomic E-state index is 12.4. The summed E-state index contributed by atoms with van der Waals surface area (Å²) in [6.45, 7) is 5.89. The lowest BCUT2D eigenvalue weighted by Gasteiger charge is -2.36. The average Bonchev–Trinajstić information content (AvgIpc) is 2.66. The summed E-state index contributed by atoms with van der Waals surface area (Å²) in [6, 6.07) is -0.721. The Morgan fingerprint density at radius 2 is 1.97 bits per heavy atom. The molecule has 1 aliphatic heterocycles. The molecule has 0 aliphatic carbocycles. The monoisotopic (exact) mass is 412 g/mol. The molecule has 8 heteroatoms. The molecule has 2 amide bonds. The number of unbranched alkanes of at least 4 members (excludes halogenated alkanes) is 4. The molecule has 2 N–H and O–H groups in total. The number of esters is 2. The van der Waals surface area contributed by atoms with Crippen molar-refractivity contribution in [3.63, 3.8) is 0 Å². The van der Waals surface area contributed by atoms with E-state index >= 15 is 0 Å². The third kappa shape index (κ3) is 9.76. The number of hydrogen-bond donors (Lipinski definition) is 2. The second kappa shape index (κ2) is 14.0. The standard InChI is InChI=1S/C21H36N2O6/c1-4-5-6-7-10-17-19(29-20(17)26)13-15(2)28-21(27)18(23-14-24)11-8-9-12-22-16(3)25/h14-15,17-19H,4-13H2,1-3H3,(H,22,25)(H,23,24)/t15-,17-,18-,19-/m0/s1. The van der Waals surface area contributed by atoms with Gasteiger partial charge in [-0.2, -0.15) is 0 Å². The molecule has 1 rings (SSSR count). The van der Waals surface area contributed by atoms with Crippen LogP contribution in [-0.4, -0.2) is 49.1 Å². The van der Waals surface area contributed by atoms with Crippen LogP contribution >= 0.6 is 0 Å². The summed E-state index contributed by atoms with van der Waals surface area (Å²) in [5.74, 6) is -0.856. The lowest BCUT2D eigenvalue weighted by atomic mass is 9.87. The molecule has 0 unspecified atom stereocenters. The van der Waals surface area contributed by atoms with Gasteiger partial charge in [0.15, 0.2) is 0 Å². The summed E-state index contributed by atoms with van der Waals surface area (Å²) >= 11 is 0. The molecule has 1 saturated heterocycles. The summed E-state index contributed by atoms with van der Waals surface area (Å²) in [6.07, 6.45) is 7.38. The van der Waals surface area contributed by atoms with Gasteiger partial charge >= 0.3 is 11.9 Å². The first-order valence-corrected chi connectivity index (χ1v) is 10.7. The van der Waals surface area contributed by atoms with Crippen molar-refractivity contribution < 1.29 is 28.7 Å². The zero-order valence-electron chi connectivity index (χ0n) is 17.9. The molecule has 0 aromatic heterocycles. The molecular weight excluding hydrogens is 376 g/mol. The van der Waals surface area contributed by atoms with Gasteiger partial charge in [-0.25, -0.2) is 4.79 Å². The van der Waals surface area contributed by atoms with Gasteiger partial charge in [0.25, 0.3) is 0 Å². The number of rotatable bonds is 16. The molecule has 8 nitrogen and oxygen atoms in total. The summed E-state index contributed by atoms with van der Waals surface area (Å²) in [5, 5.41) is 5.19. The number of amides is 2. The van der Waals surface area contributed by atoms with Crippen LogP contribution in [0.3, 0.4) is 0 Å². The van der Waals surface area contributed by atoms with Crippen LogP contribution in [0.15, 0.2) is 0 Å². The molecule has 4 atom stereocenters. The van der Waals surface area contributed by atoms with Crippen LogP contribution in [-0.2, 0) is 28.7 Å². The second-order valence-electron chi connectivity index (χ2n) is 7.73. The van der Waals surface area contributed by atoms with E-state index in [1.165, 1.54) is 6.92 Å². The van der Waals surface area contributed by atoms with E-state index in [1.54, 1.807) is 6.92 Å². The smallest absolute Gasteiger partial charge is 0.328 e. The predicted molar refractivity (Wildman–Crippen MR) is 108 cm³/mol. The highest BCUT2D eigenvalue weighted by atomic mass is 16.6. The first-order valence-electron chi connectivity index (χ1n) is 10.7. The summed E-state index contributed by atoms with van der Waals surface area (Å²) < 4.78 is 10.7. The van der Waals surface area contributed by atoms with Crippen LogP contribution in [0.1, 0.15) is 78.6 Å². The molecule has 0 aromatic rings. The fourth-order valence-corrected chi connectivity index (χ4v) is 3.45. The molecule has 0 aromatic carbocycles. The van der Waals surface area contributed by atoms with E-state index in [4.69, 9.17) is 9.47 Å². The third-order valence-corrected chi connectivity index (χ3v) is 5.12. The van der Waals surface area contributed by atoms with E-state index in [0.717, 1.165) is 32.1 Å². The van der Waals surface area contributed by atoms with Gasteiger partial charge < -0.3 is 20.1 Å². The quantitative estimate of drug-likeness (QED) is 0.228. The number of nitrogens with one attached hydrogen (secondary N) is 2. The zero-order valence-corrected chi connectivity index (χ0v) is 17.9. The Bertz CT molecular complexity index is 539. The molecule has 0 spiro atoms. The van der Waals surface area contributed by atoms with Crippen LogP contribution in [0.2, 0.25) is 0 Å². The first kappa shape index (κ1) is 24.9. The van der Waals surface area contributed by atoms with E-state index < -0.39 is 18.1 Å². The average molecular weight is 413 g/mol. The Hall–Kier alpha value is -2.12. The fourth-order valence-electron chi connectivity index (χ4n) is 3.45. The maximum absolute atomic E-state index is 12.4. The van der Waals surface area contributed by atoms with Crippen molar-refractivity contribution in [3.05, 3.63) is 0 Å². The second-order valence-corrected chi connectivity index (χ2v) is 7.73. The predicted octanol–water partition coefficient (Wildman–Crippen LogP) is 2.24. The first-order chi connectivity index (χ1) is 13.9. The molecule has 1 aliphatic rings. The molecule has 0 radical (unpaired) electrons. The van der Waals surface area contributed by atoms with Gasteiger partial charge in [-0.15, -0.1) is 0 Å². The number of carbonyl (C=O) groups excluding carboxylic acids is 4. The van der Waals surface area contributed by atoms with Crippen molar-refractivity contribution in [2.24, 2.45) is 5.92 Å². The summed E-state index contributed by atoms with van der Waals surface area (Å²) in [7, 11) is 0. The Morgan fingerprint density at radius 1 is 1.21 bits per heavy atom. The highest BCUT2D eigenvalue weighted by Gasteiger charge is 2.42. The van der Waals surface area contributed by atoms with Crippen molar-refractivity contribution >= 4 is 24.3 Å². The van der Waals surface area contributed by atoms with Crippen molar-refractivity contribution in [3.8, 4) is 0 Å². The third-order valence-electron chi connectivity index (χ3n) is 5.12. The Kier molecular flexibility index (Phi) is 12.0. The van der Waals surface area contributed by atoms with Crippen LogP contribution in [0, 0.1) is 5.92 Å². The van der Waals surface area contributed by atoms with Crippen LogP contribution in [0.25, 0.3) is 0 Å². The molecule has 0 bridgehead atoms.